The zero-order valence-corrected chi connectivity index (χ0v) is 11.5. The maximum Gasteiger partial charge on any atom is 0.335 e. The Bertz CT molecular complexity index is 815. The summed E-state index contributed by atoms with van der Waals surface area (Å²) in [6.07, 6.45) is 7.43. The highest BCUT2D eigenvalue weighted by atomic mass is 16.4. The fourth-order valence-electron chi connectivity index (χ4n) is 3.43. The fourth-order valence-corrected chi connectivity index (χ4v) is 3.43. The molecule has 1 atom stereocenters. The zero-order valence-electron chi connectivity index (χ0n) is 11.5. The van der Waals surface area contributed by atoms with Crippen LogP contribution in [0.3, 0.4) is 0 Å². The second-order valence-corrected chi connectivity index (χ2v) is 5.62. The molecule has 1 aromatic carbocycles. The van der Waals surface area contributed by atoms with Crippen LogP contribution in [0, 0.1) is 0 Å². The maximum absolute atomic E-state index is 11.2. The lowest BCUT2D eigenvalue weighted by Crippen LogP contribution is -2.15. The third-order valence-corrected chi connectivity index (χ3v) is 4.41. The monoisotopic (exact) mass is 280 g/mol. The molecule has 0 amide bonds. The minimum absolute atomic E-state index is 0.324. The normalized spacial score (nSPS) is 17.8. The number of nitrogens with zero attached hydrogens (tertiary/aromatic N) is 1. The first-order chi connectivity index (χ1) is 10.2. The van der Waals surface area contributed by atoms with Crippen LogP contribution in [-0.4, -0.2) is 20.6 Å². The largest absolute Gasteiger partial charge is 0.478 e. The van der Waals surface area contributed by atoms with Crippen LogP contribution < -0.4 is 0 Å². The number of carboxylic acids is 1. The number of rotatable bonds is 2. The van der Waals surface area contributed by atoms with Crippen molar-refractivity contribution in [2.75, 3.05) is 0 Å². The number of aryl methyl sites for hydroxylation is 1. The van der Waals surface area contributed by atoms with Crippen molar-refractivity contribution in [2.45, 2.75) is 25.3 Å². The van der Waals surface area contributed by atoms with E-state index in [4.69, 9.17) is 0 Å². The number of fused-ring (bicyclic) bond motifs is 3. The molecule has 1 aliphatic rings. The quantitative estimate of drug-likeness (QED) is 0.753. The number of hydrogen-bond donors (Lipinski definition) is 2. The van der Waals surface area contributed by atoms with Gasteiger partial charge < -0.3 is 14.7 Å². The molecule has 0 radical (unpaired) electrons. The SMILES string of the molecule is O=C(O)c1ccc2[nH]c3c(c2c1)CCCC3n1cccc1. The Morgan fingerprint density at radius 1 is 1.29 bits per heavy atom. The second kappa shape index (κ2) is 4.52. The molecule has 1 aliphatic carbocycles. The van der Waals surface area contributed by atoms with Crippen molar-refractivity contribution >= 4 is 16.9 Å². The van der Waals surface area contributed by atoms with Gasteiger partial charge in [0.2, 0.25) is 0 Å². The highest BCUT2D eigenvalue weighted by Crippen LogP contribution is 2.37. The lowest BCUT2D eigenvalue weighted by Gasteiger charge is -2.24. The molecule has 4 nitrogen and oxygen atoms in total. The number of aromatic carboxylic acids is 1. The van der Waals surface area contributed by atoms with E-state index in [1.165, 1.54) is 11.3 Å². The highest BCUT2D eigenvalue weighted by molar-refractivity contribution is 5.95. The Hall–Kier alpha value is -2.49. The van der Waals surface area contributed by atoms with Crippen LogP contribution in [0.15, 0.2) is 42.7 Å². The van der Waals surface area contributed by atoms with Crippen molar-refractivity contribution in [3.05, 3.63) is 59.5 Å². The molecule has 2 heterocycles. The van der Waals surface area contributed by atoms with Gasteiger partial charge in [0.25, 0.3) is 0 Å². The lowest BCUT2D eigenvalue weighted by molar-refractivity contribution is 0.0697. The summed E-state index contributed by atoms with van der Waals surface area (Å²) in [7, 11) is 0. The Labute approximate surface area is 122 Å². The Balaban J connectivity index is 1.90. The van der Waals surface area contributed by atoms with Gasteiger partial charge in [-0.3, -0.25) is 0 Å². The Morgan fingerprint density at radius 3 is 2.86 bits per heavy atom. The predicted molar refractivity (Wildman–Crippen MR) is 80.8 cm³/mol. The predicted octanol–water partition coefficient (Wildman–Crippen LogP) is 3.59. The van der Waals surface area contributed by atoms with Crippen LogP contribution >= 0.6 is 0 Å². The van der Waals surface area contributed by atoms with Gasteiger partial charge in [-0.25, -0.2) is 4.79 Å². The topological polar surface area (TPSA) is 58.0 Å². The van der Waals surface area contributed by atoms with E-state index in [9.17, 15) is 9.90 Å². The van der Waals surface area contributed by atoms with Crippen molar-refractivity contribution < 1.29 is 9.90 Å². The number of carboxylic acid groups (broad SMARTS) is 1. The van der Waals surface area contributed by atoms with Gasteiger partial charge >= 0.3 is 5.97 Å². The van der Waals surface area contributed by atoms with Crippen molar-refractivity contribution in [1.29, 1.82) is 0 Å². The average Bonchev–Trinajstić information content (AvgIpc) is 3.13. The molecule has 0 saturated heterocycles. The molecular formula is C17H16N2O2. The van der Waals surface area contributed by atoms with Crippen molar-refractivity contribution in [3.8, 4) is 0 Å². The summed E-state index contributed by atoms with van der Waals surface area (Å²) < 4.78 is 2.23. The number of hydrogen-bond acceptors (Lipinski definition) is 1. The van der Waals surface area contributed by atoms with Crippen molar-refractivity contribution in [2.24, 2.45) is 0 Å². The molecule has 0 fully saturated rings. The third kappa shape index (κ3) is 1.87. The van der Waals surface area contributed by atoms with E-state index in [0.29, 0.717) is 11.6 Å². The third-order valence-electron chi connectivity index (χ3n) is 4.41. The van der Waals surface area contributed by atoms with Crippen molar-refractivity contribution in [3.63, 3.8) is 0 Å². The van der Waals surface area contributed by atoms with Gasteiger partial charge in [0, 0.05) is 29.0 Å². The molecule has 2 N–H and O–H groups in total. The van der Waals surface area contributed by atoms with Crippen LogP contribution in [0.25, 0.3) is 10.9 Å². The van der Waals surface area contributed by atoms with Crippen molar-refractivity contribution in [1.82, 2.24) is 9.55 Å². The highest BCUT2D eigenvalue weighted by Gasteiger charge is 2.25. The van der Waals surface area contributed by atoms with Crippen LogP contribution in [0.4, 0.5) is 0 Å². The number of H-pyrrole nitrogens is 1. The molecular weight excluding hydrogens is 264 g/mol. The smallest absolute Gasteiger partial charge is 0.335 e. The summed E-state index contributed by atoms with van der Waals surface area (Å²) in [5, 5.41) is 10.2. The van der Waals surface area contributed by atoms with Gasteiger partial charge in [-0.1, -0.05) is 0 Å². The summed E-state index contributed by atoms with van der Waals surface area (Å²) in [4.78, 5) is 14.7. The van der Waals surface area contributed by atoms with E-state index in [1.54, 1.807) is 12.1 Å². The number of carbonyl (C=O) groups is 1. The number of aromatic nitrogens is 2. The first-order valence-corrected chi connectivity index (χ1v) is 7.24. The lowest BCUT2D eigenvalue weighted by atomic mass is 9.91. The molecule has 0 aliphatic heterocycles. The molecule has 0 bridgehead atoms. The van der Waals surface area contributed by atoms with Gasteiger partial charge in [-0.2, -0.15) is 0 Å². The van der Waals surface area contributed by atoms with E-state index >= 15 is 0 Å². The molecule has 4 rings (SSSR count). The van der Waals surface area contributed by atoms with E-state index < -0.39 is 5.97 Å². The molecule has 1 unspecified atom stereocenters. The summed E-state index contributed by atoms with van der Waals surface area (Å²) in [6.45, 7) is 0. The van der Waals surface area contributed by atoms with Gasteiger partial charge in [0.15, 0.2) is 0 Å². The van der Waals surface area contributed by atoms with Gasteiger partial charge in [-0.15, -0.1) is 0 Å². The summed E-state index contributed by atoms with van der Waals surface area (Å²) in [6, 6.07) is 9.75. The average molecular weight is 280 g/mol. The molecule has 4 heteroatoms. The maximum atomic E-state index is 11.2. The van der Waals surface area contributed by atoms with Crippen LogP contribution in [0.1, 0.15) is 40.5 Å². The zero-order chi connectivity index (χ0) is 14.4. The number of benzene rings is 1. The molecule has 2 aromatic heterocycles. The van der Waals surface area contributed by atoms with Gasteiger partial charge in [0.1, 0.15) is 0 Å². The minimum atomic E-state index is -0.871. The van der Waals surface area contributed by atoms with E-state index in [0.717, 1.165) is 30.2 Å². The van der Waals surface area contributed by atoms with Crippen LogP contribution in [-0.2, 0) is 6.42 Å². The first kappa shape index (κ1) is 12.3. The van der Waals surface area contributed by atoms with E-state index in [2.05, 4.69) is 21.9 Å². The van der Waals surface area contributed by atoms with Gasteiger partial charge in [-0.05, 0) is 55.2 Å². The molecule has 106 valence electrons. The molecule has 3 aromatic rings. The van der Waals surface area contributed by atoms with E-state index in [-0.39, 0.29) is 0 Å². The summed E-state index contributed by atoms with van der Waals surface area (Å²) >= 11 is 0. The van der Waals surface area contributed by atoms with Gasteiger partial charge in [0.05, 0.1) is 11.6 Å². The fraction of sp³-hybridized carbons (Fsp3) is 0.235. The molecule has 21 heavy (non-hydrogen) atoms. The van der Waals surface area contributed by atoms with Crippen LogP contribution in [0.5, 0.6) is 0 Å². The Kier molecular flexibility index (Phi) is 2.64. The van der Waals surface area contributed by atoms with E-state index in [1.807, 2.05) is 18.2 Å². The summed E-state index contributed by atoms with van der Waals surface area (Å²) in [5.74, 6) is -0.871. The summed E-state index contributed by atoms with van der Waals surface area (Å²) in [5.41, 5.74) is 3.89. The number of nitrogens with one attached hydrogen (secondary N) is 1. The first-order valence-electron chi connectivity index (χ1n) is 7.24. The Morgan fingerprint density at radius 2 is 2.10 bits per heavy atom. The minimum Gasteiger partial charge on any atom is -0.478 e. The number of aromatic amines is 1. The standard InChI is InChI=1S/C17H16N2O2/c20-17(21)11-6-7-14-13(10-11)12-4-3-5-15(16(12)18-14)19-8-1-2-9-19/h1-2,6-10,15,18H,3-5H2,(H,20,21). The molecule has 0 spiro atoms. The second-order valence-electron chi connectivity index (χ2n) is 5.62. The van der Waals surface area contributed by atoms with Crippen LogP contribution in [0.2, 0.25) is 0 Å². The molecule has 0 saturated carbocycles.